The molecule has 0 aliphatic carbocycles. The molecule has 3 rings (SSSR count). The average molecular weight is 290 g/mol. The van der Waals surface area contributed by atoms with Gasteiger partial charge in [-0.15, -0.1) is 0 Å². The smallest absolute Gasteiger partial charge is 0.150 e. The highest BCUT2D eigenvalue weighted by atomic mass is 32.2. The maximum Gasteiger partial charge on any atom is 0.150 e. The Morgan fingerprint density at radius 1 is 1.10 bits per heavy atom. The zero-order valence-corrected chi connectivity index (χ0v) is 12.1. The number of benzene rings is 1. The summed E-state index contributed by atoms with van der Waals surface area (Å²) in [7, 11) is -2.78. The van der Waals surface area contributed by atoms with Gasteiger partial charge in [0.05, 0.1) is 22.7 Å². The first kappa shape index (κ1) is 13.5. The lowest BCUT2D eigenvalue weighted by Gasteiger charge is -2.22. The van der Waals surface area contributed by atoms with Crippen LogP contribution in [0, 0.1) is 0 Å². The minimum Gasteiger partial charge on any atom is -0.308 e. The lowest BCUT2D eigenvalue weighted by Crippen LogP contribution is -2.37. The number of hydrogen-bond acceptors (Lipinski definition) is 4. The van der Waals surface area contributed by atoms with Crippen LogP contribution in [0.2, 0.25) is 0 Å². The van der Waals surface area contributed by atoms with Gasteiger partial charge >= 0.3 is 0 Å². The third-order valence-corrected chi connectivity index (χ3v) is 5.50. The number of pyridine rings is 1. The fourth-order valence-corrected chi connectivity index (χ4v) is 4.04. The first-order valence-electron chi connectivity index (χ1n) is 6.91. The number of rotatable bonds is 3. The average Bonchev–Trinajstić information content (AvgIpc) is 2.46. The Kier molecular flexibility index (Phi) is 3.72. The highest BCUT2D eigenvalue weighted by molar-refractivity contribution is 7.91. The fraction of sp³-hybridized carbons (Fsp3) is 0.400. The number of para-hydroxylation sites is 1. The fourth-order valence-electron chi connectivity index (χ4n) is 2.55. The van der Waals surface area contributed by atoms with E-state index < -0.39 is 9.84 Å². The summed E-state index contributed by atoms with van der Waals surface area (Å²) in [4.78, 5) is 4.61. The van der Waals surface area contributed by atoms with E-state index in [0.29, 0.717) is 30.9 Å². The van der Waals surface area contributed by atoms with Gasteiger partial charge in [-0.1, -0.05) is 24.3 Å². The van der Waals surface area contributed by atoms with Crippen molar-refractivity contribution >= 4 is 20.7 Å². The number of hydrogen-bond donors (Lipinski definition) is 1. The van der Waals surface area contributed by atoms with Crippen molar-refractivity contribution in [3.63, 3.8) is 0 Å². The van der Waals surface area contributed by atoms with Gasteiger partial charge in [0.2, 0.25) is 0 Å². The molecule has 0 atom stereocenters. The normalized spacial score (nSPS) is 19.2. The Bertz CT molecular complexity index is 699. The van der Waals surface area contributed by atoms with Crippen LogP contribution in [-0.2, 0) is 16.4 Å². The molecule has 0 spiro atoms. The SMILES string of the molecule is O=S1(=O)CCC(NCc2ccc3ccccc3n2)CC1. The summed E-state index contributed by atoms with van der Waals surface area (Å²) in [6.07, 6.45) is 1.41. The van der Waals surface area contributed by atoms with E-state index in [-0.39, 0.29) is 6.04 Å². The minimum atomic E-state index is -2.78. The zero-order chi connectivity index (χ0) is 14.0. The van der Waals surface area contributed by atoms with Crippen LogP contribution in [0.3, 0.4) is 0 Å². The van der Waals surface area contributed by atoms with Crippen molar-refractivity contribution in [3.05, 3.63) is 42.1 Å². The van der Waals surface area contributed by atoms with E-state index in [2.05, 4.69) is 16.4 Å². The van der Waals surface area contributed by atoms with E-state index in [0.717, 1.165) is 16.6 Å². The van der Waals surface area contributed by atoms with Crippen LogP contribution in [-0.4, -0.2) is 30.9 Å². The standard InChI is InChI=1S/C15H18N2O2S/c18-20(19)9-7-13(8-10-20)16-11-14-6-5-12-3-1-2-4-15(12)17-14/h1-6,13,16H,7-11H2. The number of sulfone groups is 1. The Labute approximate surface area is 119 Å². The topological polar surface area (TPSA) is 59.1 Å². The summed E-state index contributed by atoms with van der Waals surface area (Å²) < 4.78 is 22.8. The second-order valence-electron chi connectivity index (χ2n) is 5.30. The molecule has 0 radical (unpaired) electrons. The van der Waals surface area contributed by atoms with Gasteiger partial charge in [-0.3, -0.25) is 4.98 Å². The second kappa shape index (κ2) is 5.50. The molecular weight excluding hydrogens is 272 g/mol. The van der Waals surface area contributed by atoms with Crippen molar-refractivity contribution in [2.45, 2.75) is 25.4 Å². The van der Waals surface area contributed by atoms with E-state index in [4.69, 9.17) is 0 Å². The predicted octanol–water partition coefficient (Wildman–Crippen LogP) is 1.90. The van der Waals surface area contributed by atoms with Crippen LogP contribution in [0.5, 0.6) is 0 Å². The Morgan fingerprint density at radius 2 is 1.85 bits per heavy atom. The number of fused-ring (bicyclic) bond motifs is 1. The van der Waals surface area contributed by atoms with Gasteiger partial charge < -0.3 is 5.32 Å². The predicted molar refractivity (Wildman–Crippen MR) is 80.3 cm³/mol. The molecule has 1 aliphatic heterocycles. The molecule has 1 aromatic heterocycles. The molecule has 106 valence electrons. The van der Waals surface area contributed by atoms with Gasteiger partial charge in [-0.25, -0.2) is 8.42 Å². The molecule has 0 saturated carbocycles. The number of aromatic nitrogens is 1. The molecule has 0 bridgehead atoms. The molecule has 0 amide bonds. The van der Waals surface area contributed by atoms with Crippen LogP contribution in [0.15, 0.2) is 36.4 Å². The first-order valence-corrected chi connectivity index (χ1v) is 8.73. The molecule has 1 aromatic carbocycles. The Balaban J connectivity index is 1.63. The van der Waals surface area contributed by atoms with Crippen molar-refractivity contribution in [1.29, 1.82) is 0 Å². The van der Waals surface area contributed by atoms with Gasteiger partial charge in [-0.2, -0.15) is 0 Å². The van der Waals surface area contributed by atoms with Crippen LogP contribution < -0.4 is 5.32 Å². The van der Waals surface area contributed by atoms with Gasteiger partial charge in [0.15, 0.2) is 0 Å². The lowest BCUT2D eigenvalue weighted by atomic mass is 10.1. The van der Waals surface area contributed by atoms with E-state index >= 15 is 0 Å². The molecule has 1 fully saturated rings. The third kappa shape index (κ3) is 3.16. The summed E-state index contributed by atoms with van der Waals surface area (Å²) in [6.45, 7) is 0.690. The van der Waals surface area contributed by atoms with Crippen molar-refractivity contribution in [2.24, 2.45) is 0 Å². The second-order valence-corrected chi connectivity index (χ2v) is 7.61. The molecule has 4 nitrogen and oxygen atoms in total. The maximum absolute atomic E-state index is 11.4. The summed E-state index contributed by atoms with van der Waals surface area (Å²) in [5, 5.41) is 4.55. The van der Waals surface area contributed by atoms with E-state index in [1.54, 1.807) is 0 Å². The van der Waals surface area contributed by atoms with E-state index in [9.17, 15) is 8.42 Å². The molecule has 2 heterocycles. The summed E-state index contributed by atoms with van der Waals surface area (Å²) in [5.74, 6) is 0.603. The molecule has 1 aliphatic rings. The van der Waals surface area contributed by atoms with Crippen LogP contribution in [0.25, 0.3) is 10.9 Å². The summed E-state index contributed by atoms with van der Waals surface area (Å²) in [5.41, 5.74) is 2.00. The molecule has 1 N–H and O–H groups in total. The van der Waals surface area contributed by atoms with E-state index in [1.807, 2.05) is 30.3 Å². The molecule has 5 heteroatoms. The van der Waals surface area contributed by atoms with Crippen molar-refractivity contribution < 1.29 is 8.42 Å². The highest BCUT2D eigenvalue weighted by Gasteiger charge is 2.22. The highest BCUT2D eigenvalue weighted by Crippen LogP contribution is 2.14. The Hall–Kier alpha value is -1.46. The Morgan fingerprint density at radius 3 is 2.65 bits per heavy atom. The monoisotopic (exact) mass is 290 g/mol. The van der Waals surface area contributed by atoms with Crippen LogP contribution in [0.1, 0.15) is 18.5 Å². The van der Waals surface area contributed by atoms with Crippen LogP contribution >= 0.6 is 0 Å². The molecule has 2 aromatic rings. The minimum absolute atomic E-state index is 0.284. The summed E-state index contributed by atoms with van der Waals surface area (Å²) in [6, 6.07) is 12.4. The van der Waals surface area contributed by atoms with Crippen molar-refractivity contribution in [3.8, 4) is 0 Å². The molecule has 20 heavy (non-hydrogen) atoms. The van der Waals surface area contributed by atoms with Crippen LogP contribution in [0.4, 0.5) is 0 Å². The van der Waals surface area contributed by atoms with Gasteiger partial charge in [0, 0.05) is 18.0 Å². The molecule has 1 saturated heterocycles. The van der Waals surface area contributed by atoms with Gasteiger partial charge in [0.1, 0.15) is 9.84 Å². The lowest BCUT2D eigenvalue weighted by molar-refractivity contribution is 0.460. The van der Waals surface area contributed by atoms with Gasteiger partial charge in [0.25, 0.3) is 0 Å². The van der Waals surface area contributed by atoms with Crippen molar-refractivity contribution in [1.82, 2.24) is 10.3 Å². The maximum atomic E-state index is 11.4. The number of nitrogens with one attached hydrogen (secondary N) is 1. The largest absolute Gasteiger partial charge is 0.308 e. The quantitative estimate of drug-likeness (QED) is 0.938. The van der Waals surface area contributed by atoms with E-state index in [1.165, 1.54) is 0 Å². The van der Waals surface area contributed by atoms with Crippen molar-refractivity contribution in [2.75, 3.05) is 11.5 Å². The zero-order valence-electron chi connectivity index (χ0n) is 11.2. The molecule has 0 unspecified atom stereocenters. The first-order chi connectivity index (χ1) is 9.62. The van der Waals surface area contributed by atoms with Gasteiger partial charge in [-0.05, 0) is 25.0 Å². The third-order valence-electron chi connectivity index (χ3n) is 3.78. The summed E-state index contributed by atoms with van der Waals surface area (Å²) >= 11 is 0. The molecular formula is C15H18N2O2S. The number of nitrogens with zero attached hydrogens (tertiary/aromatic N) is 1.